The van der Waals surface area contributed by atoms with Crippen LogP contribution in [0.5, 0.6) is 0 Å². The molecule has 1 amide bonds. The van der Waals surface area contributed by atoms with Gasteiger partial charge in [-0.2, -0.15) is 5.10 Å². The first-order valence-corrected chi connectivity index (χ1v) is 9.43. The summed E-state index contributed by atoms with van der Waals surface area (Å²) in [7, 11) is 0. The Labute approximate surface area is 163 Å². The number of amides is 1. The fourth-order valence-electron chi connectivity index (χ4n) is 2.63. The van der Waals surface area contributed by atoms with Crippen molar-refractivity contribution in [3.8, 4) is 16.4 Å². The quantitative estimate of drug-likeness (QED) is 0.487. The molecule has 0 bridgehead atoms. The molecule has 3 aromatic heterocycles. The Balaban J connectivity index is 1.43. The van der Waals surface area contributed by atoms with Crippen molar-refractivity contribution in [3.63, 3.8) is 0 Å². The normalized spacial score (nSPS) is 10.8. The third-order valence-electron chi connectivity index (χ3n) is 3.91. The number of nitrogens with one attached hydrogen (secondary N) is 2. The van der Waals surface area contributed by atoms with Crippen molar-refractivity contribution in [2.24, 2.45) is 0 Å². The average Bonchev–Trinajstić information content (AvgIpc) is 3.42. The van der Waals surface area contributed by atoms with Gasteiger partial charge in [0.25, 0.3) is 0 Å². The Hall–Kier alpha value is -3.11. The monoisotopic (exact) mass is 397 g/mol. The van der Waals surface area contributed by atoms with Gasteiger partial charge in [-0.3, -0.25) is 19.0 Å². The first-order chi connectivity index (χ1) is 13.2. The first-order valence-electron chi connectivity index (χ1n) is 8.15. The third-order valence-corrected chi connectivity index (χ3v) is 5.09. The molecule has 0 saturated carbocycles. The molecule has 4 rings (SSSR count). The topological polar surface area (TPSA) is 93.4 Å². The van der Waals surface area contributed by atoms with Crippen LogP contribution in [-0.4, -0.2) is 35.4 Å². The Morgan fingerprint density at radius 2 is 2.07 bits per heavy atom. The van der Waals surface area contributed by atoms with Crippen LogP contribution in [0.4, 0.5) is 5.69 Å². The summed E-state index contributed by atoms with van der Waals surface area (Å²) in [6.45, 7) is 0.444. The summed E-state index contributed by atoms with van der Waals surface area (Å²) in [5.41, 5.74) is 1.58. The van der Waals surface area contributed by atoms with Gasteiger partial charge in [0, 0.05) is 18.7 Å². The van der Waals surface area contributed by atoms with Gasteiger partial charge >= 0.3 is 0 Å². The van der Waals surface area contributed by atoms with E-state index in [9.17, 15) is 4.79 Å². The summed E-state index contributed by atoms with van der Waals surface area (Å²) in [5.74, 6) is 0.647. The van der Waals surface area contributed by atoms with Crippen LogP contribution < -0.4 is 5.32 Å². The van der Waals surface area contributed by atoms with E-state index in [1.807, 2.05) is 46.3 Å². The van der Waals surface area contributed by atoms with Gasteiger partial charge in [-0.05, 0) is 41.9 Å². The maximum atomic E-state index is 12.4. The lowest BCUT2D eigenvalue weighted by atomic mass is 10.2. The van der Waals surface area contributed by atoms with Crippen LogP contribution in [0.15, 0.2) is 54.4 Å². The molecule has 0 radical (unpaired) electrons. The molecule has 8 nitrogen and oxygen atoms in total. The smallest absolute Gasteiger partial charge is 0.226 e. The molecule has 4 aromatic rings. The lowest BCUT2D eigenvalue weighted by Crippen LogP contribution is -2.15. The van der Waals surface area contributed by atoms with Gasteiger partial charge in [0.15, 0.2) is 10.6 Å². The third kappa shape index (κ3) is 3.86. The van der Waals surface area contributed by atoms with Gasteiger partial charge in [-0.1, -0.05) is 12.1 Å². The highest BCUT2D eigenvalue weighted by atomic mass is 32.1. The molecular weight excluding hydrogens is 382 g/mol. The zero-order chi connectivity index (χ0) is 18.6. The van der Waals surface area contributed by atoms with Gasteiger partial charge in [0.05, 0.1) is 10.6 Å². The van der Waals surface area contributed by atoms with Crippen molar-refractivity contribution in [1.29, 1.82) is 0 Å². The van der Waals surface area contributed by atoms with E-state index in [0.717, 1.165) is 16.4 Å². The zero-order valence-electron chi connectivity index (χ0n) is 14.1. The highest BCUT2D eigenvalue weighted by Gasteiger charge is 2.11. The van der Waals surface area contributed by atoms with Crippen LogP contribution >= 0.6 is 23.6 Å². The predicted octanol–water partition coefficient (Wildman–Crippen LogP) is 3.28. The van der Waals surface area contributed by atoms with Crippen LogP contribution in [0.3, 0.4) is 0 Å². The van der Waals surface area contributed by atoms with Crippen molar-refractivity contribution < 1.29 is 4.79 Å². The van der Waals surface area contributed by atoms with E-state index in [2.05, 4.69) is 25.7 Å². The molecule has 0 aliphatic carbocycles. The Kier molecular flexibility index (Phi) is 4.90. The van der Waals surface area contributed by atoms with Crippen molar-refractivity contribution in [3.05, 3.63) is 59.2 Å². The molecule has 3 heterocycles. The summed E-state index contributed by atoms with van der Waals surface area (Å²) < 4.78 is 4.11. The number of anilines is 1. The highest BCUT2D eigenvalue weighted by Crippen LogP contribution is 2.23. The summed E-state index contributed by atoms with van der Waals surface area (Å²) in [6, 6.07) is 11.4. The number of carbonyl (C=O) groups is 1. The number of aromatic nitrogens is 6. The zero-order valence-corrected chi connectivity index (χ0v) is 15.7. The molecule has 0 atom stereocenters. The summed E-state index contributed by atoms with van der Waals surface area (Å²) >= 11 is 6.87. The maximum Gasteiger partial charge on any atom is 0.226 e. The lowest BCUT2D eigenvalue weighted by molar-refractivity contribution is -0.116. The number of nitrogens with zero attached hydrogens (tertiary/aromatic N) is 5. The van der Waals surface area contributed by atoms with Gasteiger partial charge in [0.2, 0.25) is 5.91 Å². The number of hydrogen-bond acceptors (Lipinski definition) is 6. The van der Waals surface area contributed by atoms with Crippen molar-refractivity contribution >= 4 is 35.1 Å². The predicted molar refractivity (Wildman–Crippen MR) is 105 cm³/mol. The molecule has 0 saturated heterocycles. The highest BCUT2D eigenvalue weighted by molar-refractivity contribution is 7.71. The van der Waals surface area contributed by atoms with Crippen LogP contribution in [0.2, 0.25) is 0 Å². The standard InChI is InChI=1S/C17H15N7OS2/c25-15(20-12-3-1-4-13(9-12)23-10-18-19-11-23)6-7-24-16(21-22-17(24)26)14-5-2-8-27-14/h1-5,8-11H,6-7H2,(H,20,25)(H,22,26). The molecule has 0 unspecified atom stereocenters. The van der Waals surface area contributed by atoms with Gasteiger partial charge in [-0.15, -0.1) is 21.5 Å². The van der Waals surface area contributed by atoms with E-state index in [0.29, 0.717) is 17.0 Å². The molecule has 27 heavy (non-hydrogen) atoms. The van der Waals surface area contributed by atoms with Crippen LogP contribution in [0, 0.1) is 4.77 Å². The molecule has 136 valence electrons. The molecule has 2 N–H and O–H groups in total. The Morgan fingerprint density at radius 3 is 2.85 bits per heavy atom. The number of thiophene rings is 1. The van der Waals surface area contributed by atoms with E-state index in [1.54, 1.807) is 28.6 Å². The van der Waals surface area contributed by atoms with Crippen LogP contribution in [0.25, 0.3) is 16.4 Å². The second-order valence-electron chi connectivity index (χ2n) is 5.70. The number of benzene rings is 1. The summed E-state index contributed by atoms with van der Waals surface area (Å²) in [6.07, 6.45) is 3.49. The Morgan fingerprint density at radius 1 is 1.22 bits per heavy atom. The second-order valence-corrected chi connectivity index (χ2v) is 7.03. The minimum absolute atomic E-state index is 0.101. The largest absolute Gasteiger partial charge is 0.326 e. The van der Waals surface area contributed by atoms with Crippen LogP contribution in [0.1, 0.15) is 6.42 Å². The average molecular weight is 397 g/mol. The van der Waals surface area contributed by atoms with E-state index >= 15 is 0 Å². The maximum absolute atomic E-state index is 12.4. The SMILES string of the molecule is O=C(CCn1c(-c2cccs2)n[nH]c1=S)Nc1cccc(-n2cnnc2)c1. The number of aromatic amines is 1. The fourth-order valence-corrected chi connectivity index (χ4v) is 3.58. The van der Waals surface area contributed by atoms with Crippen molar-refractivity contribution in [1.82, 2.24) is 29.5 Å². The number of H-pyrrole nitrogens is 1. The molecule has 0 aliphatic heterocycles. The molecule has 0 fully saturated rings. The van der Waals surface area contributed by atoms with E-state index in [1.165, 1.54) is 0 Å². The lowest BCUT2D eigenvalue weighted by Gasteiger charge is -2.09. The van der Waals surface area contributed by atoms with E-state index < -0.39 is 0 Å². The van der Waals surface area contributed by atoms with E-state index in [-0.39, 0.29) is 12.3 Å². The minimum Gasteiger partial charge on any atom is -0.326 e. The Bertz CT molecular complexity index is 1100. The molecule has 0 aliphatic rings. The van der Waals surface area contributed by atoms with Gasteiger partial charge < -0.3 is 5.32 Å². The molecular formula is C17H15N7OS2. The van der Waals surface area contributed by atoms with Crippen molar-refractivity contribution in [2.75, 3.05) is 5.32 Å². The van der Waals surface area contributed by atoms with E-state index in [4.69, 9.17) is 12.2 Å². The second kappa shape index (κ2) is 7.64. The summed E-state index contributed by atoms with van der Waals surface area (Å²) in [4.78, 5) is 13.4. The molecule has 10 heteroatoms. The minimum atomic E-state index is -0.101. The number of carbonyl (C=O) groups excluding carboxylic acids is 1. The number of rotatable bonds is 6. The fraction of sp³-hybridized carbons (Fsp3) is 0.118. The number of hydrogen-bond donors (Lipinski definition) is 2. The molecule has 1 aromatic carbocycles. The summed E-state index contributed by atoms with van der Waals surface area (Å²) in [5, 5.41) is 19.5. The van der Waals surface area contributed by atoms with Gasteiger partial charge in [-0.25, -0.2) is 0 Å². The molecule has 0 spiro atoms. The first kappa shape index (κ1) is 17.3. The van der Waals surface area contributed by atoms with Crippen LogP contribution in [-0.2, 0) is 11.3 Å². The van der Waals surface area contributed by atoms with Crippen molar-refractivity contribution in [2.45, 2.75) is 13.0 Å². The van der Waals surface area contributed by atoms with Gasteiger partial charge in [0.1, 0.15) is 12.7 Å².